The number of nitrogens with two attached hydrogens (primary N) is 1. The number of rotatable bonds is 7. The topological polar surface area (TPSA) is 71.7 Å². The van der Waals surface area contributed by atoms with Crippen molar-refractivity contribution < 1.29 is 9.53 Å². The maximum atomic E-state index is 11.0. The molecule has 0 radical (unpaired) electrons. The normalized spacial score (nSPS) is 15.0. The van der Waals surface area contributed by atoms with E-state index in [0.717, 1.165) is 50.7 Å². The molecule has 1 aliphatic rings. The van der Waals surface area contributed by atoms with Crippen LogP contribution in [-0.2, 0) is 0 Å². The zero-order chi connectivity index (χ0) is 18.4. The SMILES string of the molecule is NC(=O)c1ccc(OCCCN2CCN(c3ccc(Cl)cn3)CC2)cc1. The third-order valence-electron chi connectivity index (χ3n) is 4.43. The number of ether oxygens (including phenoxy) is 1. The van der Waals surface area contributed by atoms with Crippen LogP contribution in [0.5, 0.6) is 5.75 Å². The van der Waals surface area contributed by atoms with Crippen molar-refractivity contribution >= 4 is 23.3 Å². The number of hydrogen-bond acceptors (Lipinski definition) is 5. The Hall–Kier alpha value is -2.31. The number of nitrogens with zero attached hydrogens (tertiary/aromatic N) is 3. The van der Waals surface area contributed by atoms with Gasteiger partial charge < -0.3 is 15.4 Å². The molecule has 7 heteroatoms. The molecule has 6 nitrogen and oxygen atoms in total. The lowest BCUT2D eigenvalue weighted by atomic mass is 10.2. The Kier molecular flexibility index (Phi) is 6.30. The Labute approximate surface area is 158 Å². The van der Waals surface area contributed by atoms with E-state index in [9.17, 15) is 4.79 Å². The molecule has 138 valence electrons. The van der Waals surface area contributed by atoms with E-state index < -0.39 is 5.91 Å². The molecule has 26 heavy (non-hydrogen) atoms. The number of halogens is 1. The van der Waals surface area contributed by atoms with Gasteiger partial charge in [0.25, 0.3) is 0 Å². The van der Waals surface area contributed by atoms with Gasteiger partial charge in [-0.3, -0.25) is 9.69 Å². The van der Waals surface area contributed by atoms with Gasteiger partial charge in [0.1, 0.15) is 11.6 Å². The first-order valence-corrected chi connectivity index (χ1v) is 9.11. The second-order valence-electron chi connectivity index (χ2n) is 6.25. The maximum Gasteiger partial charge on any atom is 0.248 e. The summed E-state index contributed by atoms with van der Waals surface area (Å²) in [5, 5.41) is 0.664. The van der Waals surface area contributed by atoms with Crippen LogP contribution in [0.2, 0.25) is 5.02 Å². The molecule has 3 rings (SSSR count). The number of carbonyl (C=O) groups excluding carboxylic acids is 1. The minimum absolute atomic E-state index is 0.426. The fourth-order valence-corrected chi connectivity index (χ4v) is 3.06. The van der Waals surface area contributed by atoms with Crippen molar-refractivity contribution in [1.82, 2.24) is 9.88 Å². The number of primary amides is 1. The minimum atomic E-state index is -0.426. The zero-order valence-electron chi connectivity index (χ0n) is 14.6. The maximum absolute atomic E-state index is 11.0. The van der Waals surface area contributed by atoms with Crippen LogP contribution in [0.15, 0.2) is 42.6 Å². The lowest BCUT2D eigenvalue weighted by Gasteiger charge is -2.35. The monoisotopic (exact) mass is 374 g/mol. The molecule has 1 amide bonds. The second-order valence-corrected chi connectivity index (χ2v) is 6.69. The molecule has 1 fully saturated rings. The van der Waals surface area contributed by atoms with Crippen LogP contribution >= 0.6 is 11.6 Å². The lowest BCUT2D eigenvalue weighted by Crippen LogP contribution is -2.47. The minimum Gasteiger partial charge on any atom is -0.494 e. The first-order chi connectivity index (χ1) is 12.6. The summed E-state index contributed by atoms with van der Waals surface area (Å²) >= 11 is 5.89. The summed E-state index contributed by atoms with van der Waals surface area (Å²) in [5.41, 5.74) is 5.71. The van der Waals surface area contributed by atoms with Gasteiger partial charge in [-0.05, 0) is 42.8 Å². The average Bonchev–Trinajstić information content (AvgIpc) is 2.67. The van der Waals surface area contributed by atoms with Gasteiger partial charge in [0.05, 0.1) is 11.6 Å². The van der Waals surface area contributed by atoms with Crippen LogP contribution in [0.25, 0.3) is 0 Å². The van der Waals surface area contributed by atoms with Crippen LogP contribution in [-0.4, -0.2) is 55.1 Å². The third kappa shape index (κ3) is 5.09. The highest BCUT2D eigenvalue weighted by molar-refractivity contribution is 6.30. The Morgan fingerprint density at radius 1 is 1.12 bits per heavy atom. The van der Waals surface area contributed by atoms with Gasteiger partial charge in [-0.15, -0.1) is 0 Å². The zero-order valence-corrected chi connectivity index (χ0v) is 15.4. The lowest BCUT2D eigenvalue weighted by molar-refractivity contribution is 0.100. The molecule has 1 aromatic carbocycles. The molecule has 1 aliphatic heterocycles. The van der Waals surface area contributed by atoms with Crippen molar-refractivity contribution in [2.45, 2.75) is 6.42 Å². The van der Waals surface area contributed by atoms with E-state index in [4.69, 9.17) is 22.1 Å². The molecule has 0 spiro atoms. The Balaban J connectivity index is 1.35. The number of hydrogen-bond donors (Lipinski definition) is 1. The summed E-state index contributed by atoms with van der Waals surface area (Å²) in [7, 11) is 0. The highest BCUT2D eigenvalue weighted by Gasteiger charge is 2.17. The van der Waals surface area contributed by atoms with Crippen molar-refractivity contribution in [1.29, 1.82) is 0 Å². The van der Waals surface area contributed by atoms with Crippen LogP contribution in [0.3, 0.4) is 0 Å². The fourth-order valence-electron chi connectivity index (χ4n) is 2.95. The number of piperazine rings is 1. The molecule has 2 aromatic rings. The molecule has 0 bridgehead atoms. The first kappa shape index (κ1) is 18.5. The molecule has 0 atom stereocenters. The molecule has 0 unspecified atom stereocenters. The molecule has 2 heterocycles. The van der Waals surface area contributed by atoms with Crippen molar-refractivity contribution in [2.24, 2.45) is 5.73 Å². The van der Waals surface area contributed by atoms with Crippen molar-refractivity contribution in [2.75, 3.05) is 44.2 Å². The summed E-state index contributed by atoms with van der Waals surface area (Å²) in [4.78, 5) is 20.1. The van der Waals surface area contributed by atoms with Crippen molar-refractivity contribution in [3.05, 3.63) is 53.2 Å². The van der Waals surface area contributed by atoms with E-state index in [1.54, 1.807) is 30.5 Å². The molecule has 0 aliphatic carbocycles. The Bertz CT molecular complexity index is 713. The molecular formula is C19H23ClN4O2. The van der Waals surface area contributed by atoms with E-state index in [2.05, 4.69) is 14.8 Å². The Morgan fingerprint density at radius 3 is 2.46 bits per heavy atom. The third-order valence-corrected chi connectivity index (χ3v) is 4.66. The standard InChI is InChI=1S/C19H23ClN4O2/c20-16-4-7-18(22-14-16)24-11-9-23(10-12-24)8-1-13-26-17-5-2-15(3-6-17)19(21)25/h2-7,14H,1,8-13H2,(H2,21,25). The van der Waals surface area contributed by atoms with E-state index in [1.165, 1.54) is 0 Å². The van der Waals surface area contributed by atoms with E-state index >= 15 is 0 Å². The fraction of sp³-hybridized carbons (Fsp3) is 0.368. The second kappa shape index (κ2) is 8.87. The predicted octanol–water partition coefficient (Wildman–Crippen LogP) is 2.43. The first-order valence-electron chi connectivity index (χ1n) is 8.73. The van der Waals surface area contributed by atoms with Gasteiger partial charge in [-0.1, -0.05) is 11.6 Å². The molecule has 1 saturated heterocycles. The smallest absolute Gasteiger partial charge is 0.248 e. The van der Waals surface area contributed by atoms with Crippen LogP contribution < -0.4 is 15.4 Å². The molecule has 2 N–H and O–H groups in total. The predicted molar refractivity (Wildman–Crippen MR) is 103 cm³/mol. The van der Waals surface area contributed by atoms with Crippen molar-refractivity contribution in [3.8, 4) is 5.75 Å². The quantitative estimate of drug-likeness (QED) is 0.753. The highest BCUT2D eigenvalue weighted by atomic mass is 35.5. The van der Waals surface area contributed by atoms with Crippen LogP contribution in [0.4, 0.5) is 5.82 Å². The number of pyridine rings is 1. The summed E-state index contributed by atoms with van der Waals surface area (Å²) < 4.78 is 5.72. The molecule has 0 saturated carbocycles. The summed E-state index contributed by atoms with van der Waals surface area (Å²) in [6, 6.07) is 10.8. The van der Waals surface area contributed by atoms with Gasteiger partial charge in [-0.25, -0.2) is 4.98 Å². The van der Waals surface area contributed by atoms with E-state index in [0.29, 0.717) is 17.2 Å². The average molecular weight is 375 g/mol. The van der Waals surface area contributed by atoms with Gasteiger partial charge >= 0.3 is 0 Å². The van der Waals surface area contributed by atoms with E-state index in [1.807, 2.05) is 12.1 Å². The Morgan fingerprint density at radius 2 is 1.85 bits per heavy atom. The number of benzene rings is 1. The van der Waals surface area contributed by atoms with Crippen molar-refractivity contribution in [3.63, 3.8) is 0 Å². The number of anilines is 1. The largest absolute Gasteiger partial charge is 0.494 e. The number of amides is 1. The number of carbonyl (C=O) groups is 1. The van der Waals surface area contributed by atoms with Crippen LogP contribution in [0.1, 0.15) is 16.8 Å². The summed E-state index contributed by atoms with van der Waals surface area (Å²) in [6.45, 7) is 5.60. The molecular weight excluding hydrogens is 352 g/mol. The van der Waals surface area contributed by atoms with Gasteiger partial charge in [0.2, 0.25) is 5.91 Å². The summed E-state index contributed by atoms with van der Waals surface area (Å²) in [5.74, 6) is 1.31. The molecule has 1 aromatic heterocycles. The van der Waals surface area contributed by atoms with Gasteiger partial charge in [0, 0.05) is 44.5 Å². The van der Waals surface area contributed by atoms with E-state index in [-0.39, 0.29) is 0 Å². The highest BCUT2D eigenvalue weighted by Crippen LogP contribution is 2.16. The van der Waals surface area contributed by atoms with Gasteiger partial charge in [-0.2, -0.15) is 0 Å². The van der Waals surface area contributed by atoms with Gasteiger partial charge in [0.15, 0.2) is 0 Å². The van der Waals surface area contributed by atoms with Crippen LogP contribution in [0, 0.1) is 0 Å². The summed E-state index contributed by atoms with van der Waals surface area (Å²) in [6.07, 6.45) is 2.65. The number of aromatic nitrogens is 1.